The zero-order valence-electron chi connectivity index (χ0n) is 17.2. The Bertz CT molecular complexity index is 376. The maximum Gasteiger partial charge on any atom is 0.305 e. The van der Waals surface area contributed by atoms with Crippen LogP contribution in [0.1, 0.15) is 104 Å². The average Bonchev–Trinajstić information content (AvgIpc) is 2.59. The summed E-state index contributed by atoms with van der Waals surface area (Å²) in [5.41, 5.74) is 0.994. The lowest BCUT2D eigenvalue weighted by atomic mass is 10.1. The molecule has 0 unspecified atom stereocenters. The molecule has 0 rings (SSSR count). The summed E-state index contributed by atoms with van der Waals surface area (Å²) in [4.78, 5) is 23.1. The van der Waals surface area contributed by atoms with Crippen molar-refractivity contribution in [2.24, 2.45) is 0 Å². The fourth-order valence-corrected chi connectivity index (χ4v) is 2.64. The number of carbonyl (C=O) groups excluding carboxylic acids is 2. The molecular formula is C22H40O4. The van der Waals surface area contributed by atoms with Gasteiger partial charge in [-0.15, -0.1) is 6.58 Å². The minimum atomic E-state index is -0.256. The molecule has 0 amide bonds. The summed E-state index contributed by atoms with van der Waals surface area (Å²) in [6.45, 7) is 8.77. The van der Waals surface area contributed by atoms with Crippen molar-refractivity contribution in [1.29, 1.82) is 0 Å². The number of esters is 2. The Balaban J connectivity index is 3.31. The van der Waals surface area contributed by atoms with Crippen LogP contribution in [0.5, 0.6) is 0 Å². The first-order valence-corrected chi connectivity index (χ1v) is 10.5. The van der Waals surface area contributed by atoms with Crippen molar-refractivity contribution in [2.45, 2.75) is 104 Å². The summed E-state index contributed by atoms with van der Waals surface area (Å²) in [7, 11) is 0. The first-order chi connectivity index (χ1) is 12.6. The van der Waals surface area contributed by atoms with E-state index in [9.17, 15) is 9.59 Å². The predicted molar refractivity (Wildman–Crippen MR) is 107 cm³/mol. The van der Waals surface area contributed by atoms with Crippen molar-refractivity contribution in [3.05, 3.63) is 12.2 Å². The van der Waals surface area contributed by atoms with Gasteiger partial charge in [-0.05, 0) is 19.8 Å². The number of hydrogen-bond donors (Lipinski definition) is 0. The maximum absolute atomic E-state index is 11.6. The third-order valence-corrected chi connectivity index (χ3v) is 4.31. The molecule has 4 nitrogen and oxygen atoms in total. The number of unbranched alkanes of at least 4 members (excludes halogenated alkanes) is 9. The Morgan fingerprint density at radius 2 is 1.12 bits per heavy atom. The van der Waals surface area contributed by atoms with Crippen LogP contribution < -0.4 is 0 Å². The first kappa shape index (κ1) is 24.7. The van der Waals surface area contributed by atoms with Gasteiger partial charge in [0, 0.05) is 19.3 Å². The van der Waals surface area contributed by atoms with Gasteiger partial charge in [0.25, 0.3) is 0 Å². The zero-order chi connectivity index (χ0) is 19.5. The van der Waals surface area contributed by atoms with Crippen molar-refractivity contribution < 1.29 is 19.1 Å². The average molecular weight is 369 g/mol. The van der Waals surface area contributed by atoms with Crippen LogP contribution in [0.15, 0.2) is 12.2 Å². The van der Waals surface area contributed by atoms with E-state index in [0.29, 0.717) is 26.1 Å². The number of ether oxygens (including phenoxy) is 2. The van der Waals surface area contributed by atoms with Gasteiger partial charge in [0.05, 0.1) is 13.2 Å². The lowest BCUT2D eigenvalue weighted by Crippen LogP contribution is -2.09. The smallest absolute Gasteiger partial charge is 0.305 e. The van der Waals surface area contributed by atoms with Gasteiger partial charge >= 0.3 is 11.9 Å². The van der Waals surface area contributed by atoms with Crippen molar-refractivity contribution >= 4 is 11.9 Å². The quantitative estimate of drug-likeness (QED) is 0.166. The molecule has 0 aliphatic carbocycles. The summed E-state index contributed by atoms with van der Waals surface area (Å²) in [6.07, 6.45) is 14.4. The van der Waals surface area contributed by atoms with Crippen LogP contribution >= 0.6 is 0 Å². The monoisotopic (exact) mass is 368 g/mol. The summed E-state index contributed by atoms with van der Waals surface area (Å²) in [5, 5.41) is 0. The Hall–Kier alpha value is -1.32. The second kappa shape index (κ2) is 18.5. The van der Waals surface area contributed by atoms with Gasteiger partial charge < -0.3 is 9.47 Å². The largest absolute Gasteiger partial charge is 0.466 e. The van der Waals surface area contributed by atoms with Gasteiger partial charge in [0.1, 0.15) is 0 Å². The van der Waals surface area contributed by atoms with Crippen LogP contribution in [0.3, 0.4) is 0 Å². The van der Waals surface area contributed by atoms with Crippen molar-refractivity contribution in [3.63, 3.8) is 0 Å². The molecular weight excluding hydrogens is 328 g/mol. The minimum absolute atomic E-state index is 0.212. The van der Waals surface area contributed by atoms with Gasteiger partial charge in [0.2, 0.25) is 0 Å². The van der Waals surface area contributed by atoms with E-state index in [1.807, 2.05) is 6.92 Å². The van der Waals surface area contributed by atoms with E-state index in [-0.39, 0.29) is 24.8 Å². The topological polar surface area (TPSA) is 52.6 Å². The molecule has 0 fully saturated rings. The summed E-state index contributed by atoms with van der Waals surface area (Å²) < 4.78 is 10.3. The zero-order valence-corrected chi connectivity index (χ0v) is 17.2. The highest BCUT2D eigenvalue weighted by atomic mass is 16.5. The summed E-state index contributed by atoms with van der Waals surface area (Å²) in [5.74, 6) is -0.468. The van der Waals surface area contributed by atoms with Crippen molar-refractivity contribution in [1.82, 2.24) is 0 Å². The third-order valence-electron chi connectivity index (χ3n) is 4.31. The van der Waals surface area contributed by atoms with Gasteiger partial charge in [-0.3, -0.25) is 9.59 Å². The van der Waals surface area contributed by atoms with Crippen LogP contribution in [-0.2, 0) is 19.1 Å². The molecule has 0 N–H and O–H groups in total. The predicted octanol–water partition coefficient (Wildman–Crippen LogP) is 6.13. The minimum Gasteiger partial charge on any atom is -0.466 e. The molecule has 4 heteroatoms. The molecule has 26 heavy (non-hydrogen) atoms. The summed E-state index contributed by atoms with van der Waals surface area (Å²) in [6, 6.07) is 0. The molecule has 0 aliphatic heterocycles. The second-order valence-electron chi connectivity index (χ2n) is 7.18. The van der Waals surface area contributed by atoms with Crippen LogP contribution in [0.25, 0.3) is 0 Å². The molecule has 0 aromatic heterocycles. The molecule has 0 heterocycles. The molecule has 0 aromatic carbocycles. The van der Waals surface area contributed by atoms with Crippen LogP contribution in [0.4, 0.5) is 0 Å². The van der Waals surface area contributed by atoms with E-state index < -0.39 is 0 Å². The highest BCUT2D eigenvalue weighted by Crippen LogP contribution is 2.10. The molecule has 152 valence electrons. The van der Waals surface area contributed by atoms with Gasteiger partial charge in [-0.2, -0.15) is 0 Å². The van der Waals surface area contributed by atoms with Crippen molar-refractivity contribution in [3.8, 4) is 0 Å². The van der Waals surface area contributed by atoms with Crippen LogP contribution in [0, 0.1) is 0 Å². The molecule has 0 saturated carbocycles. The number of rotatable bonds is 18. The fourth-order valence-electron chi connectivity index (χ4n) is 2.64. The number of carbonyl (C=O) groups is 2. The van der Waals surface area contributed by atoms with Gasteiger partial charge in [-0.25, -0.2) is 0 Å². The molecule has 0 aromatic rings. The summed E-state index contributed by atoms with van der Waals surface area (Å²) >= 11 is 0. The van der Waals surface area contributed by atoms with Crippen molar-refractivity contribution in [2.75, 3.05) is 13.2 Å². The van der Waals surface area contributed by atoms with Gasteiger partial charge in [0.15, 0.2) is 0 Å². The van der Waals surface area contributed by atoms with E-state index in [2.05, 4.69) is 13.5 Å². The van der Waals surface area contributed by atoms with Crippen LogP contribution in [-0.4, -0.2) is 25.2 Å². The molecule has 0 radical (unpaired) electrons. The van der Waals surface area contributed by atoms with E-state index in [0.717, 1.165) is 18.4 Å². The Labute approximate surface area is 160 Å². The van der Waals surface area contributed by atoms with E-state index in [1.54, 1.807) is 0 Å². The fraction of sp³-hybridized carbons (Fsp3) is 0.818. The Morgan fingerprint density at radius 3 is 1.62 bits per heavy atom. The van der Waals surface area contributed by atoms with E-state index in [4.69, 9.17) is 9.47 Å². The van der Waals surface area contributed by atoms with E-state index >= 15 is 0 Å². The molecule has 0 saturated heterocycles. The standard InChI is InChI=1S/C22H40O4/c1-4-5-6-7-8-9-10-11-12-13-18-25-21(23)15-14-16-22(24)26-19-17-20(2)3/h2,4-19H2,1,3H3. The maximum atomic E-state index is 11.6. The molecule has 0 bridgehead atoms. The third kappa shape index (κ3) is 19.0. The van der Waals surface area contributed by atoms with Crippen LogP contribution in [0.2, 0.25) is 0 Å². The Morgan fingerprint density at radius 1 is 0.654 bits per heavy atom. The second-order valence-corrected chi connectivity index (χ2v) is 7.18. The normalized spacial score (nSPS) is 10.5. The lowest BCUT2D eigenvalue weighted by Gasteiger charge is -2.06. The SMILES string of the molecule is C=C(C)CCOC(=O)CCCC(=O)OCCCCCCCCCCCC. The molecule has 0 atom stereocenters. The van der Waals surface area contributed by atoms with Gasteiger partial charge in [-0.1, -0.05) is 70.3 Å². The highest BCUT2D eigenvalue weighted by molar-refractivity contribution is 5.72. The number of hydrogen-bond acceptors (Lipinski definition) is 4. The van der Waals surface area contributed by atoms with E-state index in [1.165, 1.54) is 51.4 Å². The lowest BCUT2D eigenvalue weighted by molar-refractivity contribution is -0.145. The first-order valence-electron chi connectivity index (χ1n) is 10.5. The highest BCUT2D eigenvalue weighted by Gasteiger charge is 2.07. The Kier molecular flexibility index (Phi) is 17.5. The molecule has 0 spiro atoms. The molecule has 0 aliphatic rings.